The van der Waals surface area contributed by atoms with Gasteiger partial charge in [-0.15, -0.1) is 0 Å². The molecule has 0 unspecified atom stereocenters. The van der Waals surface area contributed by atoms with Gasteiger partial charge in [-0.3, -0.25) is 4.79 Å². The molecule has 0 heterocycles. The van der Waals surface area contributed by atoms with Crippen molar-refractivity contribution in [2.24, 2.45) is 0 Å². The summed E-state index contributed by atoms with van der Waals surface area (Å²) in [5, 5.41) is 12.4. The zero-order chi connectivity index (χ0) is 23.3. The van der Waals surface area contributed by atoms with E-state index in [1.54, 1.807) is 30.3 Å². The standard InChI is InChI=1S/C24H19ClN2O4S/c1-16-6-9-22(10-7-16)32(29,30)31-23-11-8-20(25)14-18(23)13-19(15-26)24(28)27-21-5-3-4-17(2)12-21/h3-14H,1-2H3,(H,27,28)/b19-13+. The summed E-state index contributed by atoms with van der Waals surface area (Å²) in [6.07, 6.45) is 1.23. The molecule has 0 aliphatic carbocycles. The molecule has 0 atom stereocenters. The van der Waals surface area contributed by atoms with E-state index < -0.39 is 16.0 Å². The first-order valence-corrected chi connectivity index (χ1v) is 11.3. The number of rotatable bonds is 6. The predicted molar refractivity (Wildman–Crippen MR) is 124 cm³/mol. The number of aryl methyl sites for hydroxylation is 2. The number of hydrogen-bond donors (Lipinski definition) is 1. The van der Waals surface area contributed by atoms with Gasteiger partial charge in [0.15, 0.2) is 0 Å². The molecule has 0 aliphatic rings. The summed E-state index contributed by atoms with van der Waals surface area (Å²) in [6.45, 7) is 3.71. The Morgan fingerprint density at radius 1 is 1.03 bits per heavy atom. The molecule has 162 valence electrons. The Labute approximate surface area is 191 Å². The maximum Gasteiger partial charge on any atom is 0.339 e. The van der Waals surface area contributed by atoms with E-state index in [1.807, 2.05) is 26.0 Å². The molecule has 8 heteroatoms. The number of benzene rings is 3. The molecule has 0 saturated heterocycles. The zero-order valence-electron chi connectivity index (χ0n) is 17.3. The van der Waals surface area contributed by atoms with Gasteiger partial charge < -0.3 is 9.50 Å². The van der Waals surface area contributed by atoms with Crippen molar-refractivity contribution >= 4 is 39.4 Å². The van der Waals surface area contributed by atoms with Crippen molar-refractivity contribution in [1.82, 2.24) is 0 Å². The highest BCUT2D eigenvalue weighted by Gasteiger charge is 2.19. The first-order valence-electron chi connectivity index (χ1n) is 9.48. The lowest BCUT2D eigenvalue weighted by Gasteiger charge is -2.11. The van der Waals surface area contributed by atoms with Crippen LogP contribution in [0.15, 0.2) is 77.2 Å². The molecule has 0 aromatic heterocycles. The number of halogens is 1. The molecular formula is C24H19ClN2O4S. The van der Waals surface area contributed by atoms with E-state index in [0.717, 1.165) is 11.1 Å². The molecule has 32 heavy (non-hydrogen) atoms. The third-order valence-corrected chi connectivity index (χ3v) is 5.91. The van der Waals surface area contributed by atoms with E-state index in [4.69, 9.17) is 15.8 Å². The second kappa shape index (κ2) is 9.69. The molecule has 1 N–H and O–H groups in total. The van der Waals surface area contributed by atoms with E-state index >= 15 is 0 Å². The van der Waals surface area contributed by atoms with Gasteiger partial charge in [-0.25, -0.2) is 0 Å². The number of carbonyl (C=O) groups is 1. The monoisotopic (exact) mass is 466 g/mol. The van der Waals surface area contributed by atoms with Crippen LogP contribution in [0.5, 0.6) is 5.75 Å². The fraction of sp³-hybridized carbons (Fsp3) is 0.0833. The first kappa shape index (κ1) is 23.1. The SMILES string of the molecule is Cc1ccc(S(=O)(=O)Oc2ccc(Cl)cc2/C=C(\C#N)C(=O)Nc2cccc(C)c2)cc1. The molecule has 0 fully saturated rings. The van der Waals surface area contributed by atoms with Crippen LogP contribution < -0.4 is 9.50 Å². The molecule has 0 radical (unpaired) electrons. The van der Waals surface area contributed by atoms with Crippen LogP contribution in [-0.4, -0.2) is 14.3 Å². The molecule has 1 amide bonds. The molecule has 3 aromatic carbocycles. The molecule has 0 saturated carbocycles. The van der Waals surface area contributed by atoms with Gasteiger partial charge in [0.25, 0.3) is 5.91 Å². The Hall–Kier alpha value is -3.60. The van der Waals surface area contributed by atoms with Crippen molar-refractivity contribution < 1.29 is 17.4 Å². The highest BCUT2D eigenvalue weighted by atomic mass is 35.5. The highest BCUT2D eigenvalue weighted by molar-refractivity contribution is 7.87. The summed E-state index contributed by atoms with van der Waals surface area (Å²) < 4.78 is 30.7. The fourth-order valence-electron chi connectivity index (χ4n) is 2.80. The summed E-state index contributed by atoms with van der Waals surface area (Å²) in [5.74, 6) is -0.712. The Kier molecular flexibility index (Phi) is 6.98. The van der Waals surface area contributed by atoms with Crippen molar-refractivity contribution in [1.29, 1.82) is 5.26 Å². The Bertz CT molecular complexity index is 1340. The minimum Gasteiger partial charge on any atom is -0.378 e. The van der Waals surface area contributed by atoms with Crippen molar-refractivity contribution in [3.8, 4) is 11.8 Å². The van der Waals surface area contributed by atoms with Crippen LogP contribution in [0, 0.1) is 25.2 Å². The maximum absolute atomic E-state index is 12.7. The Balaban J connectivity index is 1.94. The summed E-state index contributed by atoms with van der Waals surface area (Å²) >= 11 is 6.06. The number of anilines is 1. The average molecular weight is 467 g/mol. The smallest absolute Gasteiger partial charge is 0.339 e. The van der Waals surface area contributed by atoms with Crippen LogP contribution in [0.4, 0.5) is 5.69 Å². The number of carbonyl (C=O) groups excluding carboxylic acids is 1. The molecule has 0 aliphatic heterocycles. The third-order valence-electron chi connectivity index (χ3n) is 4.42. The molecule has 0 spiro atoms. The van der Waals surface area contributed by atoms with Crippen molar-refractivity contribution in [2.75, 3.05) is 5.32 Å². The number of nitriles is 1. The van der Waals surface area contributed by atoms with E-state index in [-0.39, 0.29) is 26.8 Å². The number of hydrogen-bond acceptors (Lipinski definition) is 5. The maximum atomic E-state index is 12.7. The Morgan fingerprint density at radius 3 is 2.41 bits per heavy atom. The van der Waals surface area contributed by atoms with Crippen LogP contribution in [0.1, 0.15) is 16.7 Å². The van der Waals surface area contributed by atoms with Gasteiger partial charge in [-0.2, -0.15) is 13.7 Å². The van der Waals surface area contributed by atoms with Crippen LogP contribution >= 0.6 is 11.6 Å². The number of nitrogens with one attached hydrogen (secondary N) is 1. The minimum absolute atomic E-state index is 0.0225. The normalized spacial score (nSPS) is 11.5. The van der Waals surface area contributed by atoms with Crippen molar-refractivity contribution in [2.45, 2.75) is 18.7 Å². The number of amides is 1. The Morgan fingerprint density at radius 2 is 1.75 bits per heavy atom. The molecule has 3 aromatic rings. The predicted octanol–water partition coefficient (Wildman–Crippen LogP) is 5.27. The van der Waals surface area contributed by atoms with E-state index in [1.165, 1.54) is 36.4 Å². The van der Waals surface area contributed by atoms with Gasteiger partial charge in [0.2, 0.25) is 0 Å². The third kappa shape index (κ3) is 5.76. The summed E-state index contributed by atoms with van der Waals surface area (Å²) in [5.41, 5.74) is 2.30. The van der Waals surface area contributed by atoms with Crippen molar-refractivity contribution in [3.05, 3.63) is 94.0 Å². The van der Waals surface area contributed by atoms with Gasteiger partial charge >= 0.3 is 10.1 Å². The molecule has 3 rings (SSSR count). The highest BCUT2D eigenvalue weighted by Crippen LogP contribution is 2.28. The van der Waals surface area contributed by atoms with E-state index in [0.29, 0.717) is 5.69 Å². The molecule has 0 bridgehead atoms. The van der Waals surface area contributed by atoms with Crippen LogP contribution in [0.3, 0.4) is 0 Å². The average Bonchev–Trinajstić information content (AvgIpc) is 2.74. The van der Waals surface area contributed by atoms with Gasteiger partial charge in [0, 0.05) is 16.3 Å². The largest absolute Gasteiger partial charge is 0.378 e. The van der Waals surface area contributed by atoms with Crippen LogP contribution in [0.25, 0.3) is 6.08 Å². The topological polar surface area (TPSA) is 96.3 Å². The van der Waals surface area contributed by atoms with Crippen LogP contribution in [-0.2, 0) is 14.9 Å². The quantitative estimate of drug-likeness (QED) is 0.303. The van der Waals surface area contributed by atoms with E-state index in [9.17, 15) is 18.5 Å². The lowest BCUT2D eigenvalue weighted by Crippen LogP contribution is -2.14. The fourth-order valence-corrected chi connectivity index (χ4v) is 3.94. The van der Waals surface area contributed by atoms with Crippen LogP contribution in [0.2, 0.25) is 5.02 Å². The summed E-state index contributed by atoms with van der Waals surface area (Å²) in [6, 6.07) is 19.4. The first-order chi connectivity index (χ1) is 15.2. The van der Waals surface area contributed by atoms with Gasteiger partial charge in [0.1, 0.15) is 22.3 Å². The summed E-state index contributed by atoms with van der Waals surface area (Å²) in [7, 11) is -4.14. The lowest BCUT2D eigenvalue weighted by atomic mass is 10.1. The number of nitrogens with zero attached hydrogens (tertiary/aromatic N) is 1. The second-order valence-corrected chi connectivity index (χ2v) is 9.01. The molecular weight excluding hydrogens is 448 g/mol. The lowest BCUT2D eigenvalue weighted by molar-refractivity contribution is -0.112. The van der Waals surface area contributed by atoms with Gasteiger partial charge in [-0.05, 0) is 68.0 Å². The van der Waals surface area contributed by atoms with E-state index in [2.05, 4.69) is 5.32 Å². The van der Waals surface area contributed by atoms with Gasteiger partial charge in [-0.1, -0.05) is 41.4 Å². The minimum atomic E-state index is -4.14. The van der Waals surface area contributed by atoms with Crippen molar-refractivity contribution in [3.63, 3.8) is 0 Å². The second-order valence-electron chi connectivity index (χ2n) is 7.03. The zero-order valence-corrected chi connectivity index (χ0v) is 18.9. The van der Waals surface area contributed by atoms with Gasteiger partial charge in [0.05, 0.1) is 0 Å². The summed E-state index contributed by atoms with van der Waals surface area (Å²) in [4.78, 5) is 12.6. The molecule has 6 nitrogen and oxygen atoms in total.